The SMILES string of the molecule is CCCNC(=O)Cc1ncc(CC(=O)OCC)s1. The second-order valence-electron chi connectivity index (χ2n) is 3.73. The Morgan fingerprint density at radius 2 is 2.17 bits per heavy atom. The fourth-order valence-corrected chi connectivity index (χ4v) is 2.24. The van der Waals surface area contributed by atoms with Crippen LogP contribution in [0.5, 0.6) is 0 Å². The molecule has 0 spiro atoms. The van der Waals surface area contributed by atoms with Crippen LogP contribution in [0.3, 0.4) is 0 Å². The van der Waals surface area contributed by atoms with E-state index in [9.17, 15) is 9.59 Å². The number of esters is 1. The molecule has 5 nitrogen and oxygen atoms in total. The summed E-state index contributed by atoms with van der Waals surface area (Å²) in [5.74, 6) is -0.294. The van der Waals surface area contributed by atoms with Gasteiger partial charge in [-0.3, -0.25) is 9.59 Å². The van der Waals surface area contributed by atoms with E-state index in [0.29, 0.717) is 13.2 Å². The van der Waals surface area contributed by atoms with E-state index in [1.165, 1.54) is 11.3 Å². The predicted octanol–water partition coefficient (Wildman–Crippen LogP) is 1.32. The fraction of sp³-hybridized carbons (Fsp3) is 0.583. The molecule has 0 aliphatic carbocycles. The Morgan fingerprint density at radius 3 is 2.83 bits per heavy atom. The molecule has 1 aromatic rings. The first-order valence-corrected chi connectivity index (χ1v) is 6.83. The molecular weight excluding hydrogens is 252 g/mol. The van der Waals surface area contributed by atoms with E-state index in [4.69, 9.17) is 4.74 Å². The minimum Gasteiger partial charge on any atom is -0.466 e. The number of amides is 1. The minimum absolute atomic E-state index is 0.0334. The van der Waals surface area contributed by atoms with Crippen LogP contribution in [0.25, 0.3) is 0 Å². The Hall–Kier alpha value is -1.43. The van der Waals surface area contributed by atoms with Crippen LogP contribution in [-0.4, -0.2) is 30.0 Å². The molecule has 0 bridgehead atoms. The van der Waals surface area contributed by atoms with Gasteiger partial charge in [0.2, 0.25) is 5.91 Å². The molecule has 18 heavy (non-hydrogen) atoms. The van der Waals surface area contributed by atoms with Crippen LogP contribution in [0.15, 0.2) is 6.20 Å². The average Bonchev–Trinajstić information content (AvgIpc) is 2.74. The second-order valence-corrected chi connectivity index (χ2v) is 4.93. The van der Waals surface area contributed by atoms with E-state index in [0.717, 1.165) is 16.3 Å². The maximum absolute atomic E-state index is 11.5. The van der Waals surface area contributed by atoms with Crippen LogP contribution in [0, 0.1) is 0 Å². The Morgan fingerprint density at radius 1 is 1.39 bits per heavy atom. The van der Waals surface area contributed by atoms with Gasteiger partial charge in [-0.1, -0.05) is 6.92 Å². The number of hydrogen-bond acceptors (Lipinski definition) is 5. The summed E-state index contributed by atoms with van der Waals surface area (Å²) in [4.78, 5) is 27.7. The summed E-state index contributed by atoms with van der Waals surface area (Å²) in [5.41, 5.74) is 0. The molecule has 1 amide bonds. The highest BCUT2D eigenvalue weighted by Crippen LogP contribution is 2.14. The van der Waals surface area contributed by atoms with E-state index < -0.39 is 0 Å². The summed E-state index contributed by atoms with van der Waals surface area (Å²) in [7, 11) is 0. The monoisotopic (exact) mass is 270 g/mol. The molecule has 6 heteroatoms. The topological polar surface area (TPSA) is 68.3 Å². The van der Waals surface area contributed by atoms with Crippen LogP contribution in [0.2, 0.25) is 0 Å². The molecule has 100 valence electrons. The zero-order valence-electron chi connectivity index (χ0n) is 10.7. The molecule has 1 N–H and O–H groups in total. The van der Waals surface area contributed by atoms with Crippen molar-refractivity contribution in [2.75, 3.05) is 13.2 Å². The number of rotatable bonds is 7. The summed E-state index contributed by atoms with van der Waals surface area (Å²) in [6, 6.07) is 0. The lowest BCUT2D eigenvalue weighted by atomic mass is 10.4. The standard InChI is InChI=1S/C12H18N2O3S/c1-3-5-13-10(15)7-11-14-8-9(18-11)6-12(16)17-4-2/h8H,3-7H2,1-2H3,(H,13,15). The van der Waals surface area contributed by atoms with Crippen molar-refractivity contribution in [1.29, 1.82) is 0 Å². The van der Waals surface area contributed by atoms with E-state index in [1.807, 2.05) is 6.92 Å². The quantitative estimate of drug-likeness (QED) is 0.759. The Balaban J connectivity index is 2.43. The van der Waals surface area contributed by atoms with Gasteiger partial charge < -0.3 is 10.1 Å². The maximum atomic E-state index is 11.5. The van der Waals surface area contributed by atoms with Gasteiger partial charge in [0.1, 0.15) is 5.01 Å². The molecule has 1 heterocycles. The van der Waals surface area contributed by atoms with Crippen LogP contribution in [0.4, 0.5) is 0 Å². The lowest BCUT2D eigenvalue weighted by Crippen LogP contribution is -2.25. The number of aromatic nitrogens is 1. The van der Waals surface area contributed by atoms with E-state index in [2.05, 4.69) is 10.3 Å². The van der Waals surface area contributed by atoms with Crippen molar-refractivity contribution in [2.45, 2.75) is 33.1 Å². The number of hydrogen-bond donors (Lipinski definition) is 1. The normalized spacial score (nSPS) is 10.1. The molecule has 0 atom stereocenters. The van der Waals surface area contributed by atoms with E-state index >= 15 is 0 Å². The maximum Gasteiger partial charge on any atom is 0.311 e. The second kappa shape index (κ2) is 7.81. The highest BCUT2D eigenvalue weighted by molar-refractivity contribution is 7.11. The third kappa shape index (κ3) is 5.27. The van der Waals surface area contributed by atoms with Gasteiger partial charge in [0.15, 0.2) is 0 Å². The largest absolute Gasteiger partial charge is 0.466 e. The third-order valence-corrected chi connectivity index (χ3v) is 3.11. The first-order chi connectivity index (χ1) is 8.65. The van der Waals surface area contributed by atoms with Crippen molar-refractivity contribution in [3.05, 3.63) is 16.1 Å². The van der Waals surface area contributed by atoms with Gasteiger partial charge in [-0.15, -0.1) is 11.3 Å². The third-order valence-electron chi connectivity index (χ3n) is 2.11. The Kier molecular flexibility index (Phi) is 6.35. The lowest BCUT2D eigenvalue weighted by Gasteiger charge is -2.00. The summed E-state index contributed by atoms with van der Waals surface area (Å²) < 4.78 is 4.85. The van der Waals surface area contributed by atoms with Crippen molar-refractivity contribution in [3.8, 4) is 0 Å². The van der Waals surface area contributed by atoms with Crippen molar-refractivity contribution in [1.82, 2.24) is 10.3 Å². The summed E-state index contributed by atoms with van der Waals surface area (Å²) in [6.07, 6.45) is 3.04. The first kappa shape index (κ1) is 14.6. The van der Waals surface area contributed by atoms with Crippen LogP contribution < -0.4 is 5.32 Å². The van der Waals surface area contributed by atoms with Crippen molar-refractivity contribution in [3.63, 3.8) is 0 Å². The van der Waals surface area contributed by atoms with Gasteiger partial charge in [-0.2, -0.15) is 0 Å². The molecule has 0 radical (unpaired) electrons. The first-order valence-electron chi connectivity index (χ1n) is 6.01. The molecule has 1 rings (SSSR count). The zero-order valence-corrected chi connectivity index (χ0v) is 11.5. The Bertz CT molecular complexity index is 404. The lowest BCUT2D eigenvalue weighted by molar-refractivity contribution is -0.142. The number of nitrogens with zero attached hydrogens (tertiary/aromatic N) is 1. The minimum atomic E-state index is -0.261. The van der Waals surface area contributed by atoms with Crippen LogP contribution in [-0.2, 0) is 27.2 Å². The summed E-state index contributed by atoms with van der Waals surface area (Å²) in [6.45, 7) is 4.83. The van der Waals surface area contributed by atoms with Crippen molar-refractivity contribution in [2.24, 2.45) is 0 Å². The molecule has 1 aromatic heterocycles. The number of thiazole rings is 1. The number of carbonyl (C=O) groups is 2. The molecule has 0 aliphatic heterocycles. The van der Waals surface area contributed by atoms with Gasteiger partial charge in [0.25, 0.3) is 0 Å². The fourth-order valence-electron chi connectivity index (χ4n) is 1.33. The highest BCUT2D eigenvalue weighted by atomic mass is 32.1. The van der Waals surface area contributed by atoms with Gasteiger partial charge in [-0.25, -0.2) is 4.98 Å². The molecule has 0 aliphatic rings. The number of nitrogens with one attached hydrogen (secondary N) is 1. The van der Waals surface area contributed by atoms with Crippen molar-refractivity contribution >= 4 is 23.2 Å². The van der Waals surface area contributed by atoms with Gasteiger partial charge in [-0.05, 0) is 13.3 Å². The van der Waals surface area contributed by atoms with Crippen molar-refractivity contribution < 1.29 is 14.3 Å². The predicted molar refractivity (Wildman–Crippen MR) is 69.5 cm³/mol. The molecular formula is C12H18N2O3S. The molecule has 0 unspecified atom stereocenters. The molecule has 0 aromatic carbocycles. The zero-order chi connectivity index (χ0) is 13.4. The van der Waals surface area contributed by atoms with E-state index in [1.54, 1.807) is 13.1 Å². The molecule has 0 saturated carbocycles. The smallest absolute Gasteiger partial charge is 0.311 e. The van der Waals surface area contributed by atoms with Gasteiger partial charge in [0, 0.05) is 17.6 Å². The number of ether oxygens (including phenoxy) is 1. The molecule has 0 fully saturated rings. The Labute approximate surface area is 111 Å². The van der Waals surface area contributed by atoms with Crippen LogP contribution in [0.1, 0.15) is 30.2 Å². The highest BCUT2D eigenvalue weighted by Gasteiger charge is 2.10. The summed E-state index contributed by atoms with van der Waals surface area (Å²) >= 11 is 1.38. The van der Waals surface area contributed by atoms with Gasteiger partial charge >= 0.3 is 5.97 Å². The van der Waals surface area contributed by atoms with Crippen LogP contribution >= 0.6 is 11.3 Å². The average molecular weight is 270 g/mol. The molecule has 0 saturated heterocycles. The van der Waals surface area contributed by atoms with E-state index in [-0.39, 0.29) is 24.7 Å². The number of carbonyl (C=O) groups excluding carboxylic acids is 2. The summed E-state index contributed by atoms with van der Waals surface area (Å²) in [5, 5.41) is 3.51. The van der Waals surface area contributed by atoms with Gasteiger partial charge in [0.05, 0.1) is 19.4 Å².